The number of halogens is 2. The van der Waals surface area contributed by atoms with Crippen LogP contribution in [0.1, 0.15) is 39.2 Å². The SMILES string of the molecule is CC(C)(C)CCOc1cc(C#CCCCl)ccc1F. The lowest BCUT2D eigenvalue weighted by Gasteiger charge is -2.18. The molecule has 0 saturated heterocycles. The first kappa shape index (κ1) is 15.9. The Morgan fingerprint density at radius 2 is 2.05 bits per heavy atom. The molecular weight excluding hydrogens is 263 g/mol. The lowest BCUT2D eigenvalue weighted by molar-refractivity contribution is 0.235. The normalized spacial score (nSPS) is 10.8. The number of ether oxygens (including phenoxy) is 1. The molecule has 0 aromatic heterocycles. The van der Waals surface area contributed by atoms with Gasteiger partial charge in [0.1, 0.15) is 0 Å². The van der Waals surface area contributed by atoms with Gasteiger partial charge in [-0.25, -0.2) is 4.39 Å². The molecule has 0 aliphatic carbocycles. The highest BCUT2D eigenvalue weighted by Gasteiger charge is 2.11. The summed E-state index contributed by atoms with van der Waals surface area (Å²) in [6.45, 7) is 6.88. The van der Waals surface area contributed by atoms with Gasteiger partial charge in [0.2, 0.25) is 0 Å². The fourth-order valence-electron chi connectivity index (χ4n) is 1.37. The van der Waals surface area contributed by atoms with E-state index in [1.54, 1.807) is 12.1 Å². The lowest BCUT2D eigenvalue weighted by atomic mass is 9.93. The van der Waals surface area contributed by atoms with Crippen molar-refractivity contribution < 1.29 is 9.13 Å². The standard InChI is InChI=1S/C16H20ClFO/c1-16(2,3)9-11-19-15-12-13(6-4-5-10-17)7-8-14(15)18/h7-8,12H,5,9-11H2,1-3H3. The van der Waals surface area contributed by atoms with Crippen LogP contribution in [0.5, 0.6) is 5.75 Å². The van der Waals surface area contributed by atoms with E-state index >= 15 is 0 Å². The van der Waals surface area contributed by atoms with E-state index in [1.165, 1.54) is 6.07 Å². The summed E-state index contributed by atoms with van der Waals surface area (Å²) in [5, 5.41) is 0. The maximum Gasteiger partial charge on any atom is 0.165 e. The maximum atomic E-state index is 13.6. The van der Waals surface area contributed by atoms with Gasteiger partial charge in [-0.1, -0.05) is 32.6 Å². The lowest BCUT2D eigenvalue weighted by Crippen LogP contribution is -2.11. The van der Waals surface area contributed by atoms with Crippen LogP contribution < -0.4 is 4.74 Å². The van der Waals surface area contributed by atoms with E-state index in [9.17, 15) is 4.39 Å². The zero-order valence-electron chi connectivity index (χ0n) is 11.7. The van der Waals surface area contributed by atoms with Crippen molar-refractivity contribution in [2.24, 2.45) is 5.41 Å². The second kappa shape index (κ2) is 7.40. The van der Waals surface area contributed by atoms with Crippen LogP contribution in [-0.4, -0.2) is 12.5 Å². The molecule has 0 N–H and O–H groups in total. The van der Waals surface area contributed by atoms with Crippen molar-refractivity contribution in [1.29, 1.82) is 0 Å². The zero-order valence-corrected chi connectivity index (χ0v) is 12.5. The topological polar surface area (TPSA) is 9.23 Å². The number of rotatable bonds is 4. The second-order valence-corrected chi connectivity index (χ2v) is 5.92. The highest BCUT2D eigenvalue weighted by atomic mass is 35.5. The molecule has 104 valence electrons. The molecule has 0 bridgehead atoms. The third kappa shape index (κ3) is 6.50. The molecule has 0 amide bonds. The van der Waals surface area contributed by atoms with Crippen molar-refractivity contribution in [1.82, 2.24) is 0 Å². The number of alkyl halides is 1. The Kier molecular flexibility index (Phi) is 6.18. The predicted molar refractivity (Wildman–Crippen MR) is 78.2 cm³/mol. The van der Waals surface area contributed by atoms with Gasteiger partial charge in [-0.2, -0.15) is 0 Å². The van der Waals surface area contributed by atoms with Crippen LogP contribution in [0.3, 0.4) is 0 Å². The second-order valence-electron chi connectivity index (χ2n) is 5.55. The average Bonchev–Trinajstić information content (AvgIpc) is 2.31. The van der Waals surface area contributed by atoms with E-state index in [-0.39, 0.29) is 17.0 Å². The van der Waals surface area contributed by atoms with E-state index in [4.69, 9.17) is 16.3 Å². The summed E-state index contributed by atoms with van der Waals surface area (Å²) in [6.07, 6.45) is 1.49. The maximum absolute atomic E-state index is 13.6. The Hall–Kier alpha value is -1.20. The molecule has 19 heavy (non-hydrogen) atoms. The molecule has 1 aromatic rings. The largest absolute Gasteiger partial charge is 0.490 e. The van der Waals surface area contributed by atoms with Crippen LogP contribution >= 0.6 is 11.6 Å². The summed E-state index contributed by atoms with van der Waals surface area (Å²) in [6, 6.07) is 4.67. The minimum atomic E-state index is -0.350. The molecule has 0 radical (unpaired) electrons. The first-order chi connectivity index (χ1) is 8.92. The van der Waals surface area contributed by atoms with Crippen molar-refractivity contribution in [2.45, 2.75) is 33.6 Å². The molecule has 0 fully saturated rings. The van der Waals surface area contributed by atoms with Crippen LogP contribution in [0.4, 0.5) is 4.39 Å². The molecule has 1 rings (SSSR count). The van der Waals surface area contributed by atoms with Gasteiger partial charge in [-0.3, -0.25) is 0 Å². The van der Waals surface area contributed by atoms with Crippen molar-refractivity contribution in [3.8, 4) is 17.6 Å². The Balaban J connectivity index is 2.67. The average molecular weight is 283 g/mol. The summed E-state index contributed by atoms with van der Waals surface area (Å²) in [5.41, 5.74) is 0.922. The number of hydrogen-bond donors (Lipinski definition) is 0. The molecular formula is C16H20ClFO. The highest BCUT2D eigenvalue weighted by molar-refractivity contribution is 6.18. The van der Waals surface area contributed by atoms with E-state index in [0.717, 1.165) is 12.0 Å². The van der Waals surface area contributed by atoms with Gasteiger partial charge >= 0.3 is 0 Å². The minimum Gasteiger partial charge on any atom is -0.490 e. The van der Waals surface area contributed by atoms with Crippen LogP contribution in [0.25, 0.3) is 0 Å². The van der Waals surface area contributed by atoms with Gasteiger partial charge in [0.15, 0.2) is 11.6 Å². The summed E-state index contributed by atoms with van der Waals surface area (Å²) in [7, 11) is 0. The van der Waals surface area contributed by atoms with Gasteiger partial charge in [-0.15, -0.1) is 11.6 Å². The Bertz CT molecular complexity index is 466. The molecule has 0 spiro atoms. The summed E-state index contributed by atoms with van der Waals surface area (Å²) < 4.78 is 19.1. The molecule has 3 heteroatoms. The van der Waals surface area contributed by atoms with Gasteiger partial charge in [0.05, 0.1) is 6.61 Å². The van der Waals surface area contributed by atoms with Crippen LogP contribution in [-0.2, 0) is 0 Å². The quantitative estimate of drug-likeness (QED) is 0.578. The van der Waals surface area contributed by atoms with Crippen molar-refractivity contribution in [3.63, 3.8) is 0 Å². The number of hydrogen-bond acceptors (Lipinski definition) is 1. The first-order valence-corrected chi connectivity index (χ1v) is 6.93. The van der Waals surface area contributed by atoms with Crippen LogP contribution in [0, 0.1) is 23.1 Å². The summed E-state index contributed by atoms with van der Waals surface area (Å²) >= 11 is 5.55. The van der Waals surface area contributed by atoms with E-state index in [0.29, 0.717) is 18.9 Å². The summed E-state index contributed by atoms with van der Waals surface area (Å²) in [5.74, 6) is 6.28. The third-order valence-electron chi connectivity index (χ3n) is 2.49. The smallest absolute Gasteiger partial charge is 0.165 e. The molecule has 0 atom stereocenters. The molecule has 0 aliphatic rings. The molecule has 0 unspecified atom stereocenters. The predicted octanol–water partition coefficient (Wildman–Crippen LogP) is 4.62. The van der Waals surface area contributed by atoms with Crippen molar-refractivity contribution in [2.75, 3.05) is 12.5 Å². The molecule has 0 heterocycles. The van der Waals surface area contributed by atoms with Gasteiger partial charge in [0.25, 0.3) is 0 Å². The van der Waals surface area contributed by atoms with E-state index in [1.807, 2.05) is 0 Å². The van der Waals surface area contributed by atoms with Gasteiger partial charge in [0, 0.05) is 17.9 Å². The molecule has 0 aliphatic heterocycles. The molecule has 1 nitrogen and oxygen atoms in total. The van der Waals surface area contributed by atoms with Crippen molar-refractivity contribution in [3.05, 3.63) is 29.6 Å². The van der Waals surface area contributed by atoms with Gasteiger partial charge < -0.3 is 4.74 Å². The van der Waals surface area contributed by atoms with Gasteiger partial charge in [-0.05, 0) is 30.0 Å². The third-order valence-corrected chi connectivity index (χ3v) is 2.68. The van der Waals surface area contributed by atoms with E-state index in [2.05, 4.69) is 32.6 Å². The van der Waals surface area contributed by atoms with Crippen molar-refractivity contribution >= 4 is 11.6 Å². The monoisotopic (exact) mass is 282 g/mol. The Morgan fingerprint density at radius 1 is 1.32 bits per heavy atom. The molecule has 0 saturated carbocycles. The number of benzene rings is 1. The fourth-order valence-corrected chi connectivity index (χ4v) is 1.47. The van der Waals surface area contributed by atoms with Crippen LogP contribution in [0.15, 0.2) is 18.2 Å². The molecule has 1 aromatic carbocycles. The fraction of sp³-hybridized carbons (Fsp3) is 0.500. The summed E-state index contributed by atoms with van der Waals surface area (Å²) in [4.78, 5) is 0. The first-order valence-electron chi connectivity index (χ1n) is 6.39. The van der Waals surface area contributed by atoms with E-state index < -0.39 is 0 Å². The Morgan fingerprint density at radius 3 is 2.68 bits per heavy atom. The Labute approximate surface area is 120 Å². The zero-order chi connectivity index (χ0) is 14.3. The minimum absolute atomic E-state index is 0.175. The highest BCUT2D eigenvalue weighted by Crippen LogP contribution is 2.22. The van der Waals surface area contributed by atoms with Crippen LogP contribution in [0.2, 0.25) is 0 Å².